The molecule has 12 aromatic rings. The number of nitrogens with zero attached hydrogens (tertiary/aromatic N) is 4. The lowest BCUT2D eigenvalue weighted by Gasteiger charge is -2.35. The second-order valence-corrected chi connectivity index (χ2v) is 19.4. The van der Waals surface area contributed by atoms with Crippen LogP contribution in [0.25, 0.3) is 75.1 Å². The zero-order chi connectivity index (χ0) is 36.8. The molecule has 56 heavy (non-hydrogen) atoms. The lowest BCUT2D eigenvalue weighted by molar-refractivity contribution is 1.14. The normalized spacial score (nSPS) is 12.3. The molecular weight excluding hydrogens is 717 g/mol. The van der Waals surface area contributed by atoms with Gasteiger partial charge in [-0.2, -0.15) is 0 Å². The third-order valence-corrected chi connectivity index (χ3v) is 17.7. The summed E-state index contributed by atoms with van der Waals surface area (Å²) in [6.07, 6.45) is 5.93. The van der Waals surface area contributed by atoms with Crippen molar-refractivity contribution in [1.82, 2.24) is 18.9 Å². The van der Waals surface area contributed by atoms with Crippen molar-refractivity contribution in [3.8, 4) is 5.69 Å². The first kappa shape index (κ1) is 31.5. The standard InChI is InChI=1S/C50H32N4SSi/c1-3-14-34(15-4-1)56(35-16-5-2-6-17-35,37-24-25-38-39-19-7-9-22-45(39)53-30-29-52-49(53)44(38)32-37)36-18-11-13-33(31-36)54-47-41(43-21-12-28-51-50(43)54)26-27-42-40-20-8-10-23-46(40)55-48(42)47/h1-32H. The predicted molar refractivity (Wildman–Crippen MR) is 239 cm³/mol. The van der Waals surface area contributed by atoms with Crippen molar-refractivity contribution in [1.29, 1.82) is 0 Å². The first-order chi connectivity index (χ1) is 27.8. The molecule has 0 amide bonds. The summed E-state index contributed by atoms with van der Waals surface area (Å²) in [7, 11) is -2.98. The van der Waals surface area contributed by atoms with Gasteiger partial charge >= 0.3 is 0 Å². The molecule has 0 aliphatic rings. The second kappa shape index (κ2) is 12.1. The summed E-state index contributed by atoms with van der Waals surface area (Å²) in [6.45, 7) is 0. The minimum Gasteiger partial charge on any atom is -0.299 e. The minimum atomic E-state index is -2.98. The molecule has 0 saturated heterocycles. The van der Waals surface area contributed by atoms with Gasteiger partial charge in [0.25, 0.3) is 0 Å². The fourth-order valence-electron chi connectivity index (χ4n) is 9.42. The van der Waals surface area contributed by atoms with Crippen molar-refractivity contribution >= 4 is 110 Å². The summed E-state index contributed by atoms with van der Waals surface area (Å²) >= 11 is 1.87. The highest BCUT2D eigenvalue weighted by Gasteiger charge is 2.42. The maximum Gasteiger partial charge on any atom is 0.179 e. The smallest absolute Gasteiger partial charge is 0.179 e. The van der Waals surface area contributed by atoms with Gasteiger partial charge in [0.15, 0.2) is 8.07 Å². The molecule has 0 fully saturated rings. The van der Waals surface area contributed by atoms with Gasteiger partial charge in [-0.05, 0) is 62.5 Å². The molecule has 5 aromatic heterocycles. The summed E-state index contributed by atoms with van der Waals surface area (Å²) in [4.78, 5) is 10.0. The van der Waals surface area contributed by atoms with E-state index in [1.807, 2.05) is 23.7 Å². The van der Waals surface area contributed by atoms with E-state index in [1.165, 1.54) is 62.6 Å². The van der Waals surface area contributed by atoms with Gasteiger partial charge in [0.1, 0.15) is 11.3 Å². The third-order valence-electron chi connectivity index (χ3n) is 11.8. The molecule has 7 aromatic carbocycles. The van der Waals surface area contributed by atoms with E-state index in [0.29, 0.717) is 0 Å². The van der Waals surface area contributed by atoms with Crippen LogP contribution in [0.15, 0.2) is 195 Å². The number of imidazole rings is 1. The Hall–Kier alpha value is -6.86. The fraction of sp³-hybridized carbons (Fsp3) is 0. The van der Waals surface area contributed by atoms with Crippen molar-refractivity contribution in [3.63, 3.8) is 0 Å². The number of hydrogen-bond acceptors (Lipinski definition) is 3. The molecule has 0 N–H and O–H groups in total. The van der Waals surface area contributed by atoms with E-state index in [9.17, 15) is 0 Å². The van der Waals surface area contributed by atoms with Gasteiger partial charge in [-0.1, -0.05) is 140 Å². The summed E-state index contributed by atoms with van der Waals surface area (Å²) in [6, 6.07) is 65.2. The van der Waals surface area contributed by atoms with Crippen LogP contribution in [-0.4, -0.2) is 27.0 Å². The third kappa shape index (κ3) is 4.33. The molecular formula is C50H32N4SSi. The quantitative estimate of drug-likeness (QED) is 0.0999. The van der Waals surface area contributed by atoms with Gasteiger partial charge in [0.05, 0.1) is 15.7 Å². The highest BCUT2D eigenvalue weighted by Crippen LogP contribution is 2.42. The van der Waals surface area contributed by atoms with E-state index in [0.717, 1.165) is 33.3 Å². The minimum absolute atomic E-state index is 0.968. The average molecular weight is 749 g/mol. The van der Waals surface area contributed by atoms with E-state index >= 15 is 0 Å². The molecule has 0 aliphatic carbocycles. The summed E-state index contributed by atoms with van der Waals surface area (Å²) in [5, 5.41) is 13.8. The van der Waals surface area contributed by atoms with E-state index < -0.39 is 8.07 Å². The highest BCUT2D eigenvalue weighted by molar-refractivity contribution is 7.26. The van der Waals surface area contributed by atoms with Crippen LogP contribution in [-0.2, 0) is 0 Å². The maximum absolute atomic E-state index is 5.07. The van der Waals surface area contributed by atoms with Crippen molar-refractivity contribution in [2.45, 2.75) is 0 Å². The van der Waals surface area contributed by atoms with Crippen LogP contribution in [0.1, 0.15) is 0 Å². The largest absolute Gasteiger partial charge is 0.299 e. The maximum atomic E-state index is 5.07. The van der Waals surface area contributed by atoms with Crippen LogP contribution in [0.3, 0.4) is 0 Å². The Morgan fingerprint density at radius 2 is 1.09 bits per heavy atom. The molecule has 0 radical (unpaired) electrons. The molecule has 5 heterocycles. The van der Waals surface area contributed by atoms with Crippen molar-refractivity contribution in [2.24, 2.45) is 0 Å². The number of aromatic nitrogens is 4. The van der Waals surface area contributed by atoms with Gasteiger partial charge in [-0.15, -0.1) is 11.3 Å². The molecule has 0 bridgehead atoms. The Bertz CT molecular complexity index is 3450. The molecule has 0 saturated carbocycles. The highest BCUT2D eigenvalue weighted by atomic mass is 32.1. The number of thiophene rings is 1. The average Bonchev–Trinajstić information content (AvgIpc) is 4.00. The monoisotopic (exact) mass is 748 g/mol. The van der Waals surface area contributed by atoms with Crippen LogP contribution in [0.2, 0.25) is 0 Å². The fourth-order valence-corrected chi connectivity index (χ4v) is 15.4. The van der Waals surface area contributed by atoms with Gasteiger partial charge in [0, 0.05) is 61.3 Å². The SMILES string of the molecule is c1ccc([Si](c2ccccc2)(c2cccc(-n3c4ncccc4c4ccc5c6ccccc6sc5c43)c2)c2ccc3c4ccccc4n4ccnc4c3c2)cc1. The number of pyridine rings is 2. The van der Waals surface area contributed by atoms with Gasteiger partial charge in [-0.25, -0.2) is 9.97 Å². The van der Waals surface area contributed by atoms with Crippen LogP contribution in [0.4, 0.5) is 0 Å². The van der Waals surface area contributed by atoms with Crippen LogP contribution < -0.4 is 20.7 Å². The van der Waals surface area contributed by atoms with Gasteiger partial charge < -0.3 is 0 Å². The summed E-state index contributed by atoms with van der Waals surface area (Å²) in [5.74, 6) is 0. The summed E-state index contributed by atoms with van der Waals surface area (Å²) in [5.41, 5.74) is 5.42. The topological polar surface area (TPSA) is 35.1 Å². The predicted octanol–water partition coefficient (Wildman–Crippen LogP) is 9.88. The first-order valence-electron chi connectivity index (χ1n) is 19.0. The van der Waals surface area contributed by atoms with Crippen LogP contribution in [0.5, 0.6) is 0 Å². The Kier molecular flexibility index (Phi) is 6.79. The van der Waals surface area contributed by atoms with E-state index in [1.54, 1.807) is 0 Å². The number of benzene rings is 7. The van der Waals surface area contributed by atoms with E-state index in [2.05, 4.69) is 191 Å². The molecule has 262 valence electrons. The summed E-state index contributed by atoms with van der Waals surface area (Å²) < 4.78 is 7.23. The number of para-hydroxylation sites is 1. The molecule has 0 atom stereocenters. The Balaban J connectivity index is 1.20. The number of fused-ring (bicyclic) bond motifs is 13. The first-order valence-corrected chi connectivity index (χ1v) is 21.8. The molecule has 12 rings (SSSR count). The molecule has 0 aliphatic heterocycles. The molecule has 0 unspecified atom stereocenters. The van der Waals surface area contributed by atoms with Gasteiger partial charge in [0.2, 0.25) is 0 Å². The van der Waals surface area contributed by atoms with E-state index in [-0.39, 0.29) is 0 Å². The Morgan fingerprint density at radius 3 is 1.93 bits per heavy atom. The van der Waals surface area contributed by atoms with Crippen molar-refractivity contribution in [2.75, 3.05) is 0 Å². The lowest BCUT2D eigenvalue weighted by atomic mass is 10.1. The van der Waals surface area contributed by atoms with Crippen molar-refractivity contribution in [3.05, 3.63) is 195 Å². The Labute approximate surface area is 327 Å². The number of hydrogen-bond donors (Lipinski definition) is 0. The van der Waals surface area contributed by atoms with Crippen LogP contribution >= 0.6 is 11.3 Å². The molecule has 4 nitrogen and oxygen atoms in total. The van der Waals surface area contributed by atoms with Crippen molar-refractivity contribution < 1.29 is 0 Å². The zero-order valence-corrected chi connectivity index (χ0v) is 32.0. The zero-order valence-electron chi connectivity index (χ0n) is 30.2. The number of rotatable bonds is 5. The Morgan fingerprint density at radius 1 is 0.429 bits per heavy atom. The molecule has 6 heteroatoms. The van der Waals surface area contributed by atoms with E-state index in [4.69, 9.17) is 9.97 Å². The van der Waals surface area contributed by atoms with Gasteiger partial charge in [-0.3, -0.25) is 8.97 Å². The lowest BCUT2D eigenvalue weighted by Crippen LogP contribution is -2.74. The molecule has 0 spiro atoms. The second-order valence-electron chi connectivity index (χ2n) is 14.6. The van der Waals surface area contributed by atoms with Crippen LogP contribution in [0, 0.1) is 0 Å².